The molecule has 16 rings (SSSR count). The summed E-state index contributed by atoms with van der Waals surface area (Å²) >= 11 is 0. The largest absolute Gasteiger partial charge is 0.490 e. The molecule has 9 N–H and O–H groups in total. The highest BCUT2D eigenvalue weighted by atomic mass is 19.1. The molecule has 4 amide bonds. The molecule has 0 spiro atoms. The fourth-order valence-electron chi connectivity index (χ4n) is 13.5. The minimum absolute atomic E-state index is 0.000711. The van der Waals surface area contributed by atoms with Gasteiger partial charge in [-0.2, -0.15) is 10.2 Å². The number of carbonyl (C=O) groups excluding carboxylic acids is 4. The number of hydrogen-bond donors (Lipinski definition) is 7. The van der Waals surface area contributed by atoms with Crippen molar-refractivity contribution in [1.29, 1.82) is 0 Å². The standard InChI is InChI=1S/C22H23FN6O2.2C20H20FN7O2.C19H17FN6O2/c1-12(2)28-11-15-17(7-6-16(23)20(15)24-5)31-13(3)10-25-22(30)19-14(4)27-29-9-8-18(28)26-21(19)29;2*1-4-27-10-12-14(6-5-13(21)17(12)23-3)30-11(2)9-24-20(29)16-18(22)26-28-8-7-15(27)25-19(16)28;1-10-8-23-19(27)16-11(2)25-26-7-6-15(24-18(16)26)22-9-12-14(28-10)5-4-13(20)17(12)21-3/h6-9,12-13H,10-11H2,1-4H3,(H,25,30);2*5-8,11H,4,9-10H2,1-2H3,(H2,22,26)(H,24,29);4-7,10H,8-9H2,1-2H3,(H,22,24)(H,23,27)/t13-;2*11-;10-/m0100/s1/i;;1D3,4D2;. The van der Waals surface area contributed by atoms with Gasteiger partial charge in [0.2, 0.25) is 22.7 Å². The van der Waals surface area contributed by atoms with E-state index in [9.17, 15) is 36.7 Å². The van der Waals surface area contributed by atoms with Crippen molar-refractivity contribution in [3.8, 4) is 23.0 Å². The van der Waals surface area contributed by atoms with Gasteiger partial charge < -0.3 is 71.7 Å². The first-order valence-electron chi connectivity index (χ1n) is 39.6. The van der Waals surface area contributed by atoms with Crippen LogP contribution in [0.4, 0.5) is 75.2 Å². The Morgan fingerprint density at radius 1 is 0.471 bits per heavy atom. The van der Waals surface area contributed by atoms with Crippen molar-refractivity contribution in [2.24, 2.45) is 0 Å². The molecular formula is C81H80F4N26O8. The summed E-state index contributed by atoms with van der Waals surface area (Å²) in [7, 11) is 0. The Kier molecular flexibility index (Phi) is 21.9. The van der Waals surface area contributed by atoms with Crippen molar-refractivity contribution in [3.63, 3.8) is 0 Å². The predicted molar refractivity (Wildman–Crippen MR) is 433 cm³/mol. The molecule has 12 aromatic rings. The zero-order chi connectivity index (χ0) is 89.2. The summed E-state index contributed by atoms with van der Waals surface area (Å²) in [5.41, 5.74) is 15.6. The van der Waals surface area contributed by atoms with Crippen LogP contribution in [0.2, 0.25) is 0 Å². The van der Waals surface area contributed by atoms with Crippen LogP contribution in [0.1, 0.15) is 137 Å². The lowest BCUT2D eigenvalue weighted by Crippen LogP contribution is -2.34. The molecule has 4 aliphatic rings. The van der Waals surface area contributed by atoms with Gasteiger partial charge in [-0.15, -0.1) is 10.2 Å². The minimum atomic E-state index is -3.17. The topological polar surface area (TPSA) is 365 Å². The number of aryl methyl sites for hydroxylation is 2. The Balaban J connectivity index is 0.000000142. The highest BCUT2D eigenvalue weighted by Crippen LogP contribution is 2.40. The number of nitrogen functional groups attached to an aromatic ring is 2. The van der Waals surface area contributed by atoms with Crippen LogP contribution in [-0.2, 0) is 26.2 Å². The van der Waals surface area contributed by atoms with E-state index in [1.807, 2.05) is 37.5 Å². The molecule has 119 heavy (non-hydrogen) atoms. The molecule has 0 unspecified atom stereocenters. The maximum atomic E-state index is 14.6. The first-order chi connectivity index (χ1) is 59.0. The van der Waals surface area contributed by atoms with E-state index in [1.54, 1.807) is 75.9 Å². The highest BCUT2D eigenvalue weighted by Gasteiger charge is 2.32. The summed E-state index contributed by atoms with van der Waals surface area (Å²) in [5.74, 6) is -1.74. The van der Waals surface area contributed by atoms with Crippen LogP contribution < -0.4 is 71.7 Å². The lowest BCUT2D eigenvalue weighted by atomic mass is 10.1. The number of nitrogens with one attached hydrogen (secondary N) is 5. The van der Waals surface area contributed by atoms with E-state index in [2.05, 4.69) is 81.3 Å². The Bertz CT molecular complexity index is 6430. The molecular weight excluding hydrogens is 1540 g/mol. The summed E-state index contributed by atoms with van der Waals surface area (Å²) in [6.07, 6.45) is 4.54. The van der Waals surface area contributed by atoms with Crippen LogP contribution in [0.25, 0.3) is 42.0 Å². The van der Waals surface area contributed by atoms with Crippen LogP contribution in [-0.4, -0.2) is 152 Å². The van der Waals surface area contributed by atoms with E-state index in [4.69, 9.17) is 68.5 Å². The lowest BCUT2D eigenvalue weighted by molar-refractivity contribution is 0.0925. The van der Waals surface area contributed by atoms with E-state index >= 15 is 0 Å². The molecule has 4 atom stereocenters. The average molecular weight is 1630 g/mol. The number of rotatable bonds is 3. The smallest absolute Gasteiger partial charge is 0.259 e. The predicted octanol–water partition coefficient (Wildman–Crippen LogP) is 11.6. The van der Waals surface area contributed by atoms with Gasteiger partial charge in [0.05, 0.1) is 63.9 Å². The van der Waals surface area contributed by atoms with Crippen LogP contribution in [0.5, 0.6) is 23.0 Å². The van der Waals surface area contributed by atoms with Crippen molar-refractivity contribution < 1.29 is 62.5 Å². The molecule has 0 fully saturated rings. The summed E-state index contributed by atoms with van der Waals surface area (Å²) in [5, 5.41) is 31.1. The van der Waals surface area contributed by atoms with Crippen LogP contribution in [0.15, 0.2) is 97.6 Å². The second kappa shape index (κ2) is 34.5. The van der Waals surface area contributed by atoms with Gasteiger partial charge in [-0.1, -0.05) is 0 Å². The third kappa shape index (κ3) is 16.8. The van der Waals surface area contributed by atoms with Gasteiger partial charge in [0.15, 0.2) is 34.2 Å². The van der Waals surface area contributed by atoms with Gasteiger partial charge in [0, 0.05) is 99.2 Å². The number of ether oxygens (including phenoxy) is 4. The van der Waals surface area contributed by atoms with Crippen LogP contribution in [0, 0.1) is 63.4 Å². The summed E-state index contributed by atoms with van der Waals surface area (Å²) in [6.45, 7) is 41.1. The lowest BCUT2D eigenvalue weighted by Gasteiger charge is -2.29. The molecule has 0 radical (unpaired) electrons. The second-order valence-electron chi connectivity index (χ2n) is 28.0. The average Bonchev–Trinajstić information content (AvgIpc) is 1.41. The Morgan fingerprint density at radius 2 is 0.807 bits per heavy atom. The third-order valence-electron chi connectivity index (χ3n) is 19.4. The van der Waals surface area contributed by atoms with Crippen molar-refractivity contribution >= 4 is 104 Å². The number of anilines is 6. The Labute approximate surface area is 685 Å². The Hall–Kier alpha value is -15.1. The fraction of sp³-hybridized carbons (Fsp3) is 0.309. The number of nitrogens with zero attached hydrogens (tertiary/aromatic N) is 19. The SMILES string of the molecule is [2H]C([2H])([2H])C([2H])([2H])N1Cc2c(ccc(F)c2[N+]#[C-])O[C@@H](C)CNC(=O)c2c(N)nn3ccc1nc23.[C-]#[N+]c1c(F)ccc2c1CN(C(C)C)c1ccn3nc(C)c(c3n1)C(=O)NC[C@H](C)O2.[C-]#[N+]c1c(F)ccc2c1CN(CC)c1ccn3nc(N)c(c3n1)C(=O)NC[C@@H](C)O2.[C-]#[N+]c1c(F)ccc2c1CNc1ccn3nc(C)c(c3n1)C(=O)NC[C@H](C)O2. The number of aromatic nitrogens is 12. The van der Waals surface area contributed by atoms with Crippen molar-refractivity contribution in [2.75, 3.05) is 70.7 Å². The number of fused-ring (bicyclic) bond motifs is 8. The van der Waals surface area contributed by atoms with E-state index in [-0.39, 0.29) is 126 Å². The molecule has 38 heteroatoms. The summed E-state index contributed by atoms with van der Waals surface area (Å²) in [6, 6.07) is 17.0. The Morgan fingerprint density at radius 3 is 1.21 bits per heavy atom. The third-order valence-corrected chi connectivity index (χ3v) is 19.4. The molecule has 4 aromatic carbocycles. The number of carbonyl (C=O) groups is 4. The molecule has 0 saturated carbocycles. The molecule has 34 nitrogen and oxygen atoms in total. The molecule has 0 aliphatic carbocycles. The molecule has 610 valence electrons. The second-order valence-corrected chi connectivity index (χ2v) is 28.0. The summed E-state index contributed by atoms with van der Waals surface area (Å²) in [4.78, 5) is 87.3. The maximum absolute atomic E-state index is 14.6. The number of amides is 4. The van der Waals surface area contributed by atoms with Crippen LogP contribution in [0.3, 0.4) is 0 Å². The highest BCUT2D eigenvalue weighted by molar-refractivity contribution is 6.05. The monoisotopic (exact) mass is 1630 g/mol. The van der Waals surface area contributed by atoms with Gasteiger partial charge in [-0.25, -0.2) is 74.9 Å². The normalized spacial score (nSPS) is 17.5. The number of benzene rings is 4. The molecule has 8 bridgehead atoms. The van der Waals surface area contributed by atoms with Gasteiger partial charge in [0.1, 0.15) is 116 Å². The maximum Gasteiger partial charge on any atom is 0.259 e. The van der Waals surface area contributed by atoms with E-state index in [0.717, 1.165) is 11.0 Å². The zero-order valence-corrected chi connectivity index (χ0v) is 65.4. The van der Waals surface area contributed by atoms with Gasteiger partial charge in [-0.3, -0.25) is 19.2 Å². The number of halogens is 4. The zero-order valence-electron chi connectivity index (χ0n) is 70.4. The van der Waals surface area contributed by atoms with E-state index in [0.29, 0.717) is 97.4 Å². The van der Waals surface area contributed by atoms with Gasteiger partial charge in [0.25, 0.3) is 23.6 Å². The number of nitrogens with two attached hydrogens (primary N) is 2. The van der Waals surface area contributed by atoms with Crippen molar-refractivity contribution in [1.82, 2.24) is 79.7 Å². The number of hydrogen-bond acceptors (Lipinski definition) is 22. The summed E-state index contributed by atoms with van der Waals surface area (Å²) < 4.78 is 127. The molecule has 8 aromatic heterocycles. The van der Waals surface area contributed by atoms with Gasteiger partial charge in [-0.05, 0) is 142 Å². The van der Waals surface area contributed by atoms with Gasteiger partial charge >= 0.3 is 0 Å². The quantitative estimate of drug-likeness (QED) is 0.0638. The molecule has 12 heterocycles. The fourth-order valence-corrected chi connectivity index (χ4v) is 13.5. The molecule has 4 aliphatic heterocycles. The first-order valence-corrected chi connectivity index (χ1v) is 37.1. The van der Waals surface area contributed by atoms with Crippen molar-refractivity contribution in [2.45, 2.75) is 126 Å². The van der Waals surface area contributed by atoms with Crippen molar-refractivity contribution in [3.05, 3.63) is 222 Å². The van der Waals surface area contributed by atoms with Crippen LogP contribution >= 0.6 is 0 Å². The minimum Gasteiger partial charge on any atom is -0.490 e. The first kappa shape index (κ1) is 75.3. The molecule has 0 saturated heterocycles. The van der Waals surface area contributed by atoms with E-state index in [1.165, 1.54) is 68.3 Å². The van der Waals surface area contributed by atoms with E-state index < -0.39 is 85.1 Å².